The molecule has 0 atom stereocenters. The molecule has 0 aliphatic carbocycles. The van der Waals surface area contributed by atoms with Gasteiger partial charge in [0, 0.05) is 40.0 Å². The Morgan fingerprint density at radius 2 is 1.90 bits per heavy atom. The molecule has 6 nitrogen and oxygen atoms in total. The van der Waals surface area contributed by atoms with Crippen molar-refractivity contribution in [2.75, 3.05) is 11.9 Å². The zero-order chi connectivity index (χ0) is 22.4. The van der Waals surface area contributed by atoms with Crippen LogP contribution in [0.15, 0.2) is 59.1 Å². The van der Waals surface area contributed by atoms with Crippen molar-refractivity contribution in [1.29, 1.82) is 0 Å². The third kappa shape index (κ3) is 6.26. The summed E-state index contributed by atoms with van der Waals surface area (Å²) in [6, 6.07) is 15.4. The third-order valence-electron chi connectivity index (χ3n) is 4.31. The SMILES string of the molecule is CCOc1cc(CNc2cccc([N+](=O)[O-])c2)cc(Br)c1OCc1ccc(Cl)cc1Cl. The topological polar surface area (TPSA) is 73.6 Å². The van der Waals surface area contributed by atoms with Gasteiger partial charge in [-0.1, -0.05) is 35.3 Å². The van der Waals surface area contributed by atoms with E-state index in [1.54, 1.807) is 24.3 Å². The van der Waals surface area contributed by atoms with E-state index in [0.29, 0.717) is 40.4 Å². The van der Waals surface area contributed by atoms with Crippen molar-refractivity contribution in [2.45, 2.75) is 20.1 Å². The minimum Gasteiger partial charge on any atom is -0.490 e. The van der Waals surface area contributed by atoms with Crippen LogP contribution in [0.3, 0.4) is 0 Å². The molecule has 0 aromatic heterocycles. The lowest BCUT2D eigenvalue weighted by atomic mass is 10.2. The van der Waals surface area contributed by atoms with Crippen LogP contribution < -0.4 is 14.8 Å². The fraction of sp³-hybridized carbons (Fsp3) is 0.182. The molecule has 31 heavy (non-hydrogen) atoms. The Morgan fingerprint density at radius 3 is 2.61 bits per heavy atom. The first kappa shape index (κ1) is 23.2. The second kappa shape index (κ2) is 10.7. The van der Waals surface area contributed by atoms with E-state index in [-0.39, 0.29) is 12.3 Å². The molecule has 0 bridgehead atoms. The van der Waals surface area contributed by atoms with Gasteiger partial charge in [0.2, 0.25) is 0 Å². The van der Waals surface area contributed by atoms with E-state index in [4.69, 9.17) is 32.7 Å². The molecular formula is C22H19BrCl2N2O4. The molecule has 0 spiro atoms. The van der Waals surface area contributed by atoms with Crippen molar-refractivity contribution >= 4 is 50.5 Å². The summed E-state index contributed by atoms with van der Waals surface area (Å²) in [6.45, 7) is 3.05. The van der Waals surface area contributed by atoms with E-state index in [0.717, 1.165) is 15.6 Å². The molecule has 0 saturated carbocycles. The highest BCUT2D eigenvalue weighted by Gasteiger charge is 2.14. The first-order chi connectivity index (χ1) is 14.9. The lowest BCUT2D eigenvalue weighted by Crippen LogP contribution is -2.04. The number of halogens is 3. The van der Waals surface area contributed by atoms with Crippen LogP contribution in [0.2, 0.25) is 10.0 Å². The summed E-state index contributed by atoms with van der Waals surface area (Å²) in [4.78, 5) is 10.5. The van der Waals surface area contributed by atoms with Gasteiger partial charge in [0.25, 0.3) is 5.69 Å². The van der Waals surface area contributed by atoms with E-state index >= 15 is 0 Å². The van der Waals surface area contributed by atoms with Crippen molar-refractivity contribution in [3.05, 3.63) is 90.4 Å². The number of benzene rings is 3. The Kier molecular flexibility index (Phi) is 8.01. The maximum absolute atomic E-state index is 11.0. The van der Waals surface area contributed by atoms with Crippen LogP contribution in [0.1, 0.15) is 18.1 Å². The highest BCUT2D eigenvalue weighted by molar-refractivity contribution is 9.10. The number of nitro groups is 1. The zero-order valence-electron chi connectivity index (χ0n) is 16.5. The number of anilines is 1. The van der Waals surface area contributed by atoms with Crippen LogP contribution >= 0.6 is 39.1 Å². The van der Waals surface area contributed by atoms with E-state index in [1.165, 1.54) is 12.1 Å². The average molecular weight is 526 g/mol. The van der Waals surface area contributed by atoms with E-state index in [9.17, 15) is 10.1 Å². The predicted octanol–water partition coefficient (Wildman–Crippen LogP) is 7.25. The maximum atomic E-state index is 11.0. The van der Waals surface area contributed by atoms with Gasteiger partial charge in [0.1, 0.15) is 6.61 Å². The van der Waals surface area contributed by atoms with Crippen molar-refractivity contribution in [3.8, 4) is 11.5 Å². The van der Waals surface area contributed by atoms with Crippen LogP contribution in [-0.2, 0) is 13.2 Å². The van der Waals surface area contributed by atoms with Crippen LogP contribution in [0.25, 0.3) is 0 Å². The molecule has 0 fully saturated rings. The lowest BCUT2D eigenvalue weighted by molar-refractivity contribution is -0.384. The van der Waals surface area contributed by atoms with Crippen LogP contribution in [0, 0.1) is 10.1 Å². The molecule has 3 aromatic rings. The molecule has 3 rings (SSSR count). The van der Waals surface area contributed by atoms with Crippen molar-refractivity contribution < 1.29 is 14.4 Å². The van der Waals surface area contributed by atoms with Gasteiger partial charge in [-0.2, -0.15) is 0 Å². The molecule has 162 valence electrons. The van der Waals surface area contributed by atoms with Crippen LogP contribution in [0.5, 0.6) is 11.5 Å². The molecule has 0 heterocycles. The summed E-state index contributed by atoms with van der Waals surface area (Å²) in [6.07, 6.45) is 0. The predicted molar refractivity (Wildman–Crippen MR) is 127 cm³/mol. The van der Waals surface area contributed by atoms with Crippen LogP contribution in [-0.4, -0.2) is 11.5 Å². The molecule has 0 unspecified atom stereocenters. The minimum atomic E-state index is -0.423. The van der Waals surface area contributed by atoms with Gasteiger partial charge in [-0.05, 0) is 58.7 Å². The molecule has 3 aromatic carbocycles. The summed E-state index contributed by atoms with van der Waals surface area (Å²) >= 11 is 15.7. The number of nitrogens with one attached hydrogen (secondary N) is 1. The number of ether oxygens (including phenoxy) is 2. The number of non-ortho nitro benzene ring substituents is 1. The molecule has 1 N–H and O–H groups in total. The molecule has 0 aliphatic heterocycles. The van der Waals surface area contributed by atoms with Crippen molar-refractivity contribution in [1.82, 2.24) is 0 Å². The Morgan fingerprint density at radius 1 is 1.10 bits per heavy atom. The van der Waals surface area contributed by atoms with E-state index < -0.39 is 4.92 Å². The second-order valence-corrected chi connectivity index (χ2v) is 8.22. The smallest absolute Gasteiger partial charge is 0.271 e. The summed E-state index contributed by atoms with van der Waals surface area (Å²) in [7, 11) is 0. The average Bonchev–Trinajstić information content (AvgIpc) is 2.73. The first-order valence-electron chi connectivity index (χ1n) is 9.37. The molecular weight excluding hydrogens is 507 g/mol. The van der Waals surface area contributed by atoms with Gasteiger partial charge in [-0.15, -0.1) is 0 Å². The Labute approximate surface area is 198 Å². The fourth-order valence-electron chi connectivity index (χ4n) is 2.85. The normalized spacial score (nSPS) is 10.6. The molecule has 0 aliphatic rings. The zero-order valence-corrected chi connectivity index (χ0v) is 19.6. The third-order valence-corrected chi connectivity index (χ3v) is 5.49. The number of hydrogen-bond donors (Lipinski definition) is 1. The number of nitro benzene ring substituents is 1. The number of nitrogens with zero attached hydrogens (tertiary/aromatic N) is 1. The maximum Gasteiger partial charge on any atom is 0.271 e. The van der Waals surface area contributed by atoms with Gasteiger partial charge in [-0.3, -0.25) is 10.1 Å². The highest BCUT2D eigenvalue weighted by Crippen LogP contribution is 2.38. The summed E-state index contributed by atoms with van der Waals surface area (Å²) in [5.74, 6) is 1.14. The largest absolute Gasteiger partial charge is 0.490 e. The molecule has 0 radical (unpaired) electrons. The van der Waals surface area contributed by atoms with Crippen LogP contribution in [0.4, 0.5) is 11.4 Å². The Bertz CT molecular complexity index is 1100. The number of rotatable bonds is 9. The monoisotopic (exact) mass is 524 g/mol. The van der Waals surface area contributed by atoms with Gasteiger partial charge in [0.15, 0.2) is 11.5 Å². The Balaban J connectivity index is 1.76. The van der Waals surface area contributed by atoms with Gasteiger partial charge < -0.3 is 14.8 Å². The molecule has 0 amide bonds. The first-order valence-corrected chi connectivity index (χ1v) is 10.9. The quantitative estimate of drug-likeness (QED) is 0.235. The second-order valence-electron chi connectivity index (χ2n) is 6.52. The summed E-state index contributed by atoms with van der Waals surface area (Å²) in [5, 5.41) is 15.2. The summed E-state index contributed by atoms with van der Waals surface area (Å²) < 4.78 is 12.5. The van der Waals surface area contributed by atoms with Crippen molar-refractivity contribution in [3.63, 3.8) is 0 Å². The summed E-state index contributed by atoms with van der Waals surface area (Å²) in [5.41, 5.74) is 2.40. The minimum absolute atomic E-state index is 0.0331. The standard InChI is InChI=1S/C22H19BrCl2N2O4/c1-2-30-21-9-14(12-26-17-4-3-5-18(11-17)27(28)29)8-19(23)22(21)31-13-15-6-7-16(24)10-20(15)25/h3-11,26H,2,12-13H2,1H3. The van der Waals surface area contributed by atoms with Gasteiger partial charge in [0.05, 0.1) is 16.0 Å². The molecule has 0 saturated heterocycles. The van der Waals surface area contributed by atoms with E-state index in [1.807, 2.05) is 25.1 Å². The Hall–Kier alpha value is -2.48. The highest BCUT2D eigenvalue weighted by atomic mass is 79.9. The van der Waals surface area contributed by atoms with Crippen molar-refractivity contribution in [2.24, 2.45) is 0 Å². The fourth-order valence-corrected chi connectivity index (χ4v) is 3.92. The van der Waals surface area contributed by atoms with Gasteiger partial charge in [-0.25, -0.2) is 0 Å². The molecule has 9 heteroatoms. The van der Waals surface area contributed by atoms with E-state index in [2.05, 4.69) is 21.2 Å². The van der Waals surface area contributed by atoms with Gasteiger partial charge >= 0.3 is 0 Å². The number of hydrogen-bond acceptors (Lipinski definition) is 5. The lowest BCUT2D eigenvalue weighted by Gasteiger charge is -2.16.